The van der Waals surface area contributed by atoms with Gasteiger partial charge in [-0.1, -0.05) is 20.3 Å². The molecule has 4 heavy (non-hydrogen) atoms. The van der Waals surface area contributed by atoms with E-state index in [0.29, 0.717) is 0 Å². The Morgan fingerprint density at radius 3 is 1.25 bits per heavy atom. The minimum atomic E-state index is 0. The second kappa shape index (κ2) is 8.82. The topological polar surface area (TPSA) is 0 Å². The summed E-state index contributed by atoms with van der Waals surface area (Å²) in [5.41, 5.74) is 0. The van der Waals surface area contributed by atoms with Gasteiger partial charge < -0.3 is 0 Å². The van der Waals surface area contributed by atoms with E-state index < -0.39 is 0 Å². The van der Waals surface area contributed by atoms with E-state index in [1.165, 1.54) is 6.42 Å². The normalized spacial score (nSPS) is 4.50. The maximum Gasteiger partial charge on any atom is 0 e. The van der Waals surface area contributed by atoms with Crippen LogP contribution in [0.2, 0.25) is 0 Å². The fourth-order valence-corrected chi connectivity index (χ4v) is 0. The van der Waals surface area contributed by atoms with Crippen molar-refractivity contribution in [3.8, 4) is 0 Å². The van der Waals surface area contributed by atoms with Crippen molar-refractivity contribution in [3.05, 3.63) is 0 Å². The van der Waals surface area contributed by atoms with Crippen LogP contribution in [0.4, 0.5) is 0 Å². The van der Waals surface area contributed by atoms with Crippen LogP contribution in [0.1, 0.15) is 20.3 Å². The molecule has 0 aromatic heterocycles. The third-order valence-corrected chi connectivity index (χ3v) is 0. The number of hydrogen-bond acceptors (Lipinski definition) is 0. The summed E-state index contributed by atoms with van der Waals surface area (Å²) in [5.74, 6) is 0. The second-order valence-electron chi connectivity index (χ2n) is 0.707. The van der Waals surface area contributed by atoms with Crippen LogP contribution >= 0.6 is 0 Å². The van der Waals surface area contributed by atoms with Crippen LogP contribution in [0.15, 0.2) is 0 Å². The van der Waals surface area contributed by atoms with Gasteiger partial charge in [-0.05, 0) is 0 Å². The van der Waals surface area contributed by atoms with E-state index in [-0.39, 0.29) is 49.4 Å². The molecule has 0 aromatic carbocycles. The molecular weight excluding hydrogens is 188 g/mol. The largest absolute Gasteiger partial charge is 0.0656 e. The molecule has 0 spiro atoms. The number of hydrogen-bond donors (Lipinski definition) is 0. The molecule has 0 fully saturated rings. The second-order valence-corrected chi connectivity index (χ2v) is 0.707. The van der Waals surface area contributed by atoms with Crippen LogP contribution in [-0.4, -0.2) is 0 Å². The van der Waals surface area contributed by atoms with Gasteiger partial charge in [-0.3, -0.25) is 0 Å². The molecule has 0 saturated carbocycles. The van der Waals surface area contributed by atoms with Gasteiger partial charge in [0, 0.05) is 49.4 Å². The van der Waals surface area contributed by atoms with Crippen molar-refractivity contribution in [2.45, 2.75) is 20.3 Å². The van der Waals surface area contributed by atoms with Gasteiger partial charge in [-0.15, -0.1) is 0 Å². The minimum Gasteiger partial charge on any atom is -0.0656 e. The fourth-order valence-electron chi connectivity index (χ4n) is 0. The van der Waals surface area contributed by atoms with Crippen LogP contribution in [0, 0.1) is 49.4 Å². The molecule has 0 aliphatic heterocycles. The zero-order valence-electron chi connectivity index (χ0n) is 3.09. The molecule has 0 amide bonds. The van der Waals surface area contributed by atoms with Gasteiger partial charge in [0.05, 0.1) is 0 Å². The van der Waals surface area contributed by atoms with Gasteiger partial charge in [-0.2, -0.15) is 0 Å². The molecule has 27 valence electrons. The van der Waals surface area contributed by atoms with Crippen LogP contribution < -0.4 is 0 Å². The van der Waals surface area contributed by atoms with Crippen molar-refractivity contribution in [3.63, 3.8) is 0 Å². The molecule has 0 nitrogen and oxygen atoms in total. The van der Waals surface area contributed by atoms with Crippen molar-refractivity contribution in [2.24, 2.45) is 0 Å². The molecule has 1 heteroatoms. The van der Waals surface area contributed by atoms with Gasteiger partial charge in [0.2, 0.25) is 0 Å². The summed E-state index contributed by atoms with van der Waals surface area (Å²) in [6.45, 7) is 4.25. The molecule has 0 aliphatic rings. The summed E-state index contributed by atoms with van der Waals surface area (Å²) in [5, 5.41) is 0. The Labute approximate surface area is 68.5 Å². The molecular formula is C3H8Eu. The maximum absolute atomic E-state index is 2.12. The zero-order chi connectivity index (χ0) is 2.71. The predicted octanol–water partition coefficient (Wildman–Crippen LogP) is 1.42. The third-order valence-electron chi connectivity index (χ3n) is 0. The van der Waals surface area contributed by atoms with E-state index in [2.05, 4.69) is 13.8 Å². The van der Waals surface area contributed by atoms with Crippen molar-refractivity contribution in [1.29, 1.82) is 0 Å². The van der Waals surface area contributed by atoms with Crippen molar-refractivity contribution in [1.82, 2.24) is 0 Å². The van der Waals surface area contributed by atoms with Gasteiger partial charge in [-0.25, -0.2) is 0 Å². The Bertz CT molecular complexity index is 3.25. The molecule has 0 atom stereocenters. The van der Waals surface area contributed by atoms with E-state index in [1.54, 1.807) is 0 Å². The third kappa shape index (κ3) is 9.54. The van der Waals surface area contributed by atoms with Crippen LogP contribution in [-0.2, 0) is 0 Å². The van der Waals surface area contributed by atoms with Crippen molar-refractivity contribution in [2.75, 3.05) is 0 Å². The molecule has 0 rings (SSSR count). The summed E-state index contributed by atoms with van der Waals surface area (Å²) >= 11 is 0. The maximum atomic E-state index is 2.12. The summed E-state index contributed by atoms with van der Waals surface area (Å²) in [4.78, 5) is 0. The molecule has 0 aliphatic carbocycles. The Morgan fingerprint density at radius 1 is 1.25 bits per heavy atom. The quantitative estimate of drug-likeness (QED) is 0.549. The van der Waals surface area contributed by atoms with E-state index in [0.717, 1.165) is 0 Å². The predicted molar refractivity (Wildman–Crippen MR) is 16.0 cm³/mol. The summed E-state index contributed by atoms with van der Waals surface area (Å²) in [7, 11) is 0. The van der Waals surface area contributed by atoms with Crippen LogP contribution in [0.25, 0.3) is 0 Å². The number of rotatable bonds is 0. The summed E-state index contributed by atoms with van der Waals surface area (Å²) in [6.07, 6.45) is 1.25. The van der Waals surface area contributed by atoms with Gasteiger partial charge >= 0.3 is 0 Å². The summed E-state index contributed by atoms with van der Waals surface area (Å²) < 4.78 is 0. The zero-order valence-corrected chi connectivity index (χ0v) is 5.51. The first kappa shape index (κ1) is 9.14. The average molecular weight is 196 g/mol. The molecule has 0 bridgehead atoms. The van der Waals surface area contributed by atoms with Gasteiger partial charge in [0.25, 0.3) is 0 Å². The first-order valence-electron chi connectivity index (χ1n) is 1.41. The molecule has 0 aromatic rings. The van der Waals surface area contributed by atoms with Gasteiger partial charge in [0.1, 0.15) is 0 Å². The van der Waals surface area contributed by atoms with Crippen LogP contribution in [0.3, 0.4) is 0 Å². The van der Waals surface area contributed by atoms with E-state index in [1.807, 2.05) is 0 Å². The monoisotopic (exact) mass is 197 g/mol. The Hall–Kier alpha value is 1.58. The SMILES string of the molecule is CCC.[Eu]. The Morgan fingerprint density at radius 2 is 1.25 bits per heavy atom. The molecule has 0 heterocycles. The Balaban J connectivity index is 0. The van der Waals surface area contributed by atoms with E-state index >= 15 is 0 Å². The standard InChI is InChI=1S/C3H8.Eu/c1-3-2;/h3H2,1-2H3;. The fraction of sp³-hybridized carbons (Fsp3) is 1.00. The molecule has 0 saturated heterocycles. The Kier molecular flexibility index (Phi) is 20.1. The van der Waals surface area contributed by atoms with E-state index in [9.17, 15) is 0 Å². The van der Waals surface area contributed by atoms with Crippen LogP contribution in [0.5, 0.6) is 0 Å². The van der Waals surface area contributed by atoms with Crippen molar-refractivity contribution >= 4 is 0 Å². The first-order chi connectivity index (χ1) is 1.41. The molecule has 1 radical (unpaired) electrons. The van der Waals surface area contributed by atoms with E-state index in [4.69, 9.17) is 0 Å². The average Bonchev–Trinajstić information content (AvgIpc) is 0.918. The first-order valence-corrected chi connectivity index (χ1v) is 1.41. The molecule has 0 unspecified atom stereocenters. The minimum absolute atomic E-state index is 0. The summed E-state index contributed by atoms with van der Waals surface area (Å²) in [6, 6.07) is 0. The smallest absolute Gasteiger partial charge is 0 e. The van der Waals surface area contributed by atoms with Gasteiger partial charge in [0.15, 0.2) is 0 Å². The van der Waals surface area contributed by atoms with Crippen molar-refractivity contribution < 1.29 is 49.4 Å². The molecule has 0 N–H and O–H groups in total.